The number of amides is 2. The molecule has 1 aromatic heterocycles. The van der Waals surface area contributed by atoms with Gasteiger partial charge >= 0.3 is 6.18 Å². The van der Waals surface area contributed by atoms with E-state index >= 15 is 0 Å². The van der Waals surface area contributed by atoms with Crippen LogP contribution < -0.4 is 25.6 Å². The Hall–Kier alpha value is -4.64. The number of nitrogens with zero attached hydrogens (tertiary/aromatic N) is 2. The summed E-state index contributed by atoms with van der Waals surface area (Å²) < 4.78 is 47.1. The third-order valence-electron chi connectivity index (χ3n) is 7.25. The minimum atomic E-state index is -4.56. The zero-order valence-electron chi connectivity index (χ0n) is 22.5. The molecule has 42 heavy (non-hydrogen) atoms. The van der Waals surface area contributed by atoms with Crippen LogP contribution in [0.15, 0.2) is 72.9 Å². The van der Waals surface area contributed by atoms with E-state index < -0.39 is 17.6 Å². The van der Waals surface area contributed by atoms with Crippen LogP contribution in [0, 0.1) is 5.92 Å². The Balaban J connectivity index is 1.22. The van der Waals surface area contributed by atoms with Crippen LogP contribution in [0.1, 0.15) is 28.8 Å². The van der Waals surface area contributed by atoms with Crippen molar-refractivity contribution < 1.29 is 27.5 Å². The molecule has 0 bridgehead atoms. The first kappa shape index (κ1) is 27.5. The SMILES string of the molecule is O=C(Nc1cc(N2CCNCC2)cc(C(F)(F)F)c1)c1cccc2cc(Oc3ccnc(NC(=O)C4CC4)c3)ccc12. The molecule has 11 heteroatoms. The average Bonchev–Trinajstić information content (AvgIpc) is 3.83. The number of benzene rings is 3. The second-order valence-electron chi connectivity index (χ2n) is 10.4. The van der Waals surface area contributed by atoms with Gasteiger partial charge in [0.1, 0.15) is 17.3 Å². The number of anilines is 3. The zero-order valence-corrected chi connectivity index (χ0v) is 22.5. The van der Waals surface area contributed by atoms with Gasteiger partial charge in [0.2, 0.25) is 5.91 Å². The van der Waals surface area contributed by atoms with Crippen molar-refractivity contribution in [3.8, 4) is 11.5 Å². The minimum absolute atomic E-state index is 0.0473. The van der Waals surface area contributed by atoms with E-state index in [-0.39, 0.29) is 17.5 Å². The Morgan fingerprint density at radius 1 is 0.929 bits per heavy atom. The molecule has 0 radical (unpaired) electrons. The number of hydrogen-bond donors (Lipinski definition) is 3. The van der Waals surface area contributed by atoms with Crippen LogP contribution in [0.4, 0.5) is 30.4 Å². The van der Waals surface area contributed by atoms with Gasteiger partial charge in [-0.05, 0) is 72.1 Å². The van der Waals surface area contributed by atoms with Crippen molar-refractivity contribution in [3.05, 3.63) is 84.1 Å². The standard InChI is InChI=1S/C31H28F3N5O3/c32-31(33,34)21-15-22(17-23(16-21)39-12-10-35-11-13-39)37-30(41)27-3-1-2-20-14-24(6-7-26(20)27)42-25-8-9-36-28(18-25)38-29(40)19-4-5-19/h1-3,6-9,14-19,35H,4-5,10-13H2,(H,37,41)(H,36,38,40). The van der Waals surface area contributed by atoms with Crippen LogP contribution >= 0.6 is 0 Å². The number of nitrogens with one attached hydrogen (secondary N) is 3. The van der Waals surface area contributed by atoms with E-state index in [9.17, 15) is 22.8 Å². The van der Waals surface area contributed by atoms with Crippen molar-refractivity contribution in [1.29, 1.82) is 0 Å². The number of fused-ring (bicyclic) bond motifs is 1. The molecule has 216 valence electrons. The third-order valence-corrected chi connectivity index (χ3v) is 7.25. The topological polar surface area (TPSA) is 95.6 Å². The van der Waals surface area contributed by atoms with Crippen molar-refractivity contribution >= 4 is 39.8 Å². The highest BCUT2D eigenvalue weighted by Crippen LogP contribution is 2.35. The lowest BCUT2D eigenvalue weighted by molar-refractivity contribution is -0.137. The van der Waals surface area contributed by atoms with Crippen molar-refractivity contribution in [2.24, 2.45) is 5.92 Å². The number of carbonyl (C=O) groups is 2. The van der Waals surface area contributed by atoms with E-state index in [1.54, 1.807) is 54.7 Å². The number of rotatable bonds is 7. The lowest BCUT2D eigenvalue weighted by Gasteiger charge is -2.30. The van der Waals surface area contributed by atoms with Gasteiger partial charge in [0.15, 0.2) is 0 Å². The predicted molar refractivity (Wildman–Crippen MR) is 154 cm³/mol. The smallest absolute Gasteiger partial charge is 0.416 e. The van der Waals surface area contributed by atoms with Gasteiger partial charge in [-0.3, -0.25) is 9.59 Å². The summed E-state index contributed by atoms with van der Waals surface area (Å²) in [5.74, 6) is 0.856. The van der Waals surface area contributed by atoms with E-state index in [1.807, 2.05) is 11.0 Å². The minimum Gasteiger partial charge on any atom is -0.457 e. The second kappa shape index (κ2) is 11.3. The second-order valence-corrected chi connectivity index (χ2v) is 10.4. The normalized spacial score (nSPS) is 15.4. The number of halogens is 3. The summed E-state index contributed by atoms with van der Waals surface area (Å²) in [6.07, 6.45) is -1.24. The molecule has 1 saturated carbocycles. The number of piperazine rings is 1. The summed E-state index contributed by atoms with van der Waals surface area (Å²) in [5.41, 5.74) is -0.0237. The fourth-order valence-corrected chi connectivity index (χ4v) is 4.93. The van der Waals surface area contributed by atoms with Crippen LogP contribution in [-0.2, 0) is 11.0 Å². The molecule has 1 aliphatic heterocycles. The molecule has 2 aliphatic rings. The molecular weight excluding hydrogens is 547 g/mol. The molecule has 1 aliphatic carbocycles. The van der Waals surface area contributed by atoms with Gasteiger partial charge in [0, 0.05) is 61.3 Å². The van der Waals surface area contributed by atoms with Gasteiger partial charge in [-0.15, -0.1) is 0 Å². The highest BCUT2D eigenvalue weighted by Gasteiger charge is 2.32. The van der Waals surface area contributed by atoms with E-state index in [1.165, 1.54) is 0 Å². The molecule has 2 fully saturated rings. The summed E-state index contributed by atoms with van der Waals surface area (Å²) in [6.45, 7) is 2.47. The average molecular weight is 576 g/mol. The molecule has 0 atom stereocenters. The largest absolute Gasteiger partial charge is 0.457 e. The molecular formula is C31H28F3N5O3. The van der Waals surface area contributed by atoms with E-state index in [0.717, 1.165) is 25.0 Å². The number of aromatic nitrogens is 1. The Kier molecular flexibility index (Phi) is 7.42. The summed E-state index contributed by atoms with van der Waals surface area (Å²) in [4.78, 5) is 31.4. The monoisotopic (exact) mass is 575 g/mol. The highest BCUT2D eigenvalue weighted by molar-refractivity contribution is 6.13. The lowest BCUT2D eigenvalue weighted by Crippen LogP contribution is -2.43. The number of carbonyl (C=O) groups excluding carboxylic acids is 2. The molecule has 3 N–H and O–H groups in total. The van der Waals surface area contributed by atoms with Gasteiger partial charge < -0.3 is 25.6 Å². The maximum Gasteiger partial charge on any atom is 0.416 e. The Labute approximate surface area is 239 Å². The highest BCUT2D eigenvalue weighted by atomic mass is 19.4. The van der Waals surface area contributed by atoms with Crippen molar-refractivity contribution in [2.75, 3.05) is 41.7 Å². The third kappa shape index (κ3) is 6.31. The number of ether oxygens (including phenoxy) is 1. The summed E-state index contributed by atoms with van der Waals surface area (Å²) in [5, 5.41) is 9.98. The first-order valence-corrected chi connectivity index (χ1v) is 13.7. The zero-order chi connectivity index (χ0) is 29.3. The quantitative estimate of drug-likeness (QED) is 0.248. The molecule has 8 nitrogen and oxygen atoms in total. The first-order chi connectivity index (χ1) is 20.2. The Morgan fingerprint density at radius 2 is 1.71 bits per heavy atom. The lowest BCUT2D eigenvalue weighted by atomic mass is 10.0. The molecule has 6 rings (SSSR count). The Morgan fingerprint density at radius 3 is 2.48 bits per heavy atom. The Bertz CT molecular complexity index is 1650. The molecule has 4 aromatic rings. The predicted octanol–water partition coefficient (Wildman–Crippen LogP) is 6.06. The summed E-state index contributed by atoms with van der Waals surface area (Å²) >= 11 is 0. The molecule has 3 aromatic carbocycles. The molecule has 0 unspecified atom stereocenters. The van der Waals surface area contributed by atoms with Crippen molar-refractivity contribution in [3.63, 3.8) is 0 Å². The van der Waals surface area contributed by atoms with Gasteiger partial charge in [-0.25, -0.2) is 4.98 Å². The molecule has 2 amide bonds. The summed E-state index contributed by atoms with van der Waals surface area (Å²) in [6, 6.07) is 17.3. The van der Waals surface area contributed by atoms with Crippen LogP contribution in [0.2, 0.25) is 0 Å². The van der Waals surface area contributed by atoms with E-state index in [2.05, 4.69) is 20.9 Å². The van der Waals surface area contributed by atoms with Gasteiger partial charge in [0.25, 0.3) is 5.91 Å². The van der Waals surface area contributed by atoms with Gasteiger partial charge in [0.05, 0.1) is 5.56 Å². The summed E-state index contributed by atoms with van der Waals surface area (Å²) in [7, 11) is 0. The number of pyridine rings is 1. The fraction of sp³-hybridized carbons (Fsp3) is 0.258. The maximum absolute atomic E-state index is 13.7. The van der Waals surface area contributed by atoms with Gasteiger partial charge in [-0.1, -0.05) is 12.1 Å². The van der Waals surface area contributed by atoms with Crippen LogP contribution in [0.25, 0.3) is 10.8 Å². The fourth-order valence-electron chi connectivity index (χ4n) is 4.93. The molecule has 0 spiro atoms. The van der Waals surface area contributed by atoms with Crippen LogP contribution in [0.3, 0.4) is 0 Å². The van der Waals surface area contributed by atoms with Crippen molar-refractivity contribution in [1.82, 2.24) is 10.3 Å². The number of hydrogen-bond acceptors (Lipinski definition) is 6. The van der Waals surface area contributed by atoms with Gasteiger partial charge in [-0.2, -0.15) is 13.2 Å². The first-order valence-electron chi connectivity index (χ1n) is 13.7. The van der Waals surface area contributed by atoms with E-state index in [0.29, 0.717) is 65.5 Å². The van der Waals surface area contributed by atoms with Crippen LogP contribution in [0.5, 0.6) is 11.5 Å². The van der Waals surface area contributed by atoms with Crippen molar-refractivity contribution in [2.45, 2.75) is 19.0 Å². The molecule has 2 heterocycles. The van der Waals surface area contributed by atoms with E-state index in [4.69, 9.17) is 4.74 Å². The van der Waals surface area contributed by atoms with Crippen LogP contribution in [-0.4, -0.2) is 43.0 Å². The maximum atomic E-state index is 13.7. The molecule has 1 saturated heterocycles. The number of alkyl halides is 3.